The van der Waals surface area contributed by atoms with Gasteiger partial charge in [0, 0.05) is 17.8 Å². The van der Waals surface area contributed by atoms with Crippen molar-refractivity contribution in [2.24, 2.45) is 0 Å². The Balaban J connectivity index is 1.70. The molecule has 33 heavy (non-hydrogen) atoms. The van der Waals surface area contributed by atoms with Gasteiger partial charge in [0.05, 0.1) is 12.4 Å². The molecule has 1 N–H and O–H groups in total. The van der Waals surface area contributed by atoms with Gasteiger partial charge in [-0.2, -0.15) is 0 Å². The molecule has 8 nitrogen and oxygen atoms in total. The van der Waals surface area contributed by atoms with Gasteiger partial charge in [-0.15, -0.1) is 10.2 Å². The fraction of sp³-hybridized carbons (Fsp3) is 0.333. The van der Waals surface area contributed by atoms with Gasteiger partial charge in [0.2, 0.25) is 5.91 Å². The number of nitrogens with zero attached hydrogens (tertiary/aromatic N) is 3. The van der Waals surface area contributed by atoms with Gasteiger partial charge in [-0.3, -0.25) is 9.59 Å². The summed E-state index contributed by atoms with van der Waals surface area (Å²) in [5.74, 6) is 1.68. The lowest BCUT2D eigenvalue weighted by Crippen LogP contribution is -2.23. The second-order valence-corrected chi connectivity index (χ2v) is 8.69. The molecule has 3 aromatic rings. The van der Waals surface area contributed by atoms with E-state index >= 15 is 0 Å². The van der Waals surface area contributed by atoms with E-state index in [2.05, 4.69) is 15.5 Å². The molecule has 2 aromatic carbocycles. The smallest absolute Gasteiger partial charge is 0.237 e. The maximum absolute atomic E-state index is 12.7. The molecule has 0 saturated heterocycles. The van der Waals surface area contributed by atoms with Crippen LogP contribution in [0.2, 0.25) is 0 Å². The fourth-order valence-corrected chi connectivity index (χ4v) is 4.14. The lowest BCUT2D eigenvalue weighted by Gasteiger charge is -2.18. The van der Waals surface area contributed by atoms with Crippen molar-refractivity contribution in [3.05, 3.63) is 59.9 Å². The number of hydrogen-bond donors (Lipinski definition) is 1. The van der Waals surface area contributed by atoms with Crippen molar-refractivity contribution in [3.63, 3.8) is 0 Å². The van der Waals surface area contributed by atoms with E-state index in [9.17, 15) is 9.59 Å². The van der Waals surface area contributed by atoms with Crippen LogP contribution in [0.25, 0.3) is 0 Å². The van der Waals surface area contributed by atoms with E-state index in [1.54, 1.807) is 38.3 Å². The Labute approximate surface area is 197 Å². The van der Waals surface area contributed by atoms with Gasteiger partial charge in [0.25, 0.3) is 0 Å². The SMILES string of the molecule is CCn1c(SC(C)C(=O)Nc2cccc(C(C)=O)c2)nnc1C(C)Oc1ccccc1OC. The Morgan fingerprint density at radius 2 is 1.82 bits per heavy atom. The number of amides is 1. The molecular formula is C24H28N4O4S. The zero-order valence-electron chi connectivity index (χ0n) is 19.4. The average molecular weight is 469 g/mol. The fourth-order valence-electron chi connectivity index (χ4n) is 3.22. The highest BCUT2D eigenvalue weighted by Gasteiger charge is 2.23. The third-order valence-corrected chi connectivity index (χ3v) is 6.07. The lowest BCUT2D eigenvalue weighted by molar-refractivity contribution is -0.115. The van der Waals surface area contributed by atoms with Crippen molar-refractivity contribution in [2.45, 2.75) is 50.8 Å². The molecule has 0 aliphatic heterocycles. The molecule has 0 spiro atoms. The first kappa shape index (κ1) is 24.3. The van der Waals surface area contributed by atoms with E-state index < -0.39 is 5.25 Å². The number of thioether (sulfide) groups is 1. The Morgan fingerprint density at radius 3 is 2.48 bits per heavy atom. The molecular weight excluding hydrogens is 440 g/mol. The molecule has 9 heteroatoms. The average Bonchev–Trinajstić information content (AvgIpc) is 3.22. The third-order valence-electron chi connectivity index (χ3n) is 4.99. The molecule has 1 heterocycles. The number of carbonyl (C=O) groups is 2. The molecule has 0 aliphatic carbocycles. The standard InChI is InChI=1S/C24H28N4O4S/c1-6-28-22(16(3)32-21-13-8-7-12-20(21)31-5)26-27-24(28)33-17(4)23(30)25-19-11-9-10-18(14-19)15(2)29/h7-14,16-17H,6H2,1-5H3,(H,25,30). The topological polar surface area (TPSA) is 95.3 Å². The largest absolute Gasteiger partial charge is 0.493 e. The molecule has 1 amide bonds. The van der Waals surface area contributed by atoms with Gasteiger partial charge < -0.3 is 19.4 Å². The van der Waals surface area contributed by atoms with Crippen LogP contribution in [0.4, 0.5) is 5.69 Å². The first-order chi connectivity index (χ1) is 15.8. The van der Waals surface area contributed by atoms with E-state index in [0.29, 0.717) is 40.3 Å². The normalized spacial score (nSPS) is 12.6. The quantitative estimate of drug-likeness (QED) is 0.338. The van der Waals surface area contributed by atoms with E-state index in [1.807, 2.05) is 42.7 Å². The Kier molecular flexibility index (Phi) is 8.11. The molecule has 1 aromatic heterocycles. The number of anilines is 1. The van der Waals surface area contributed by atoms with Crippen molar-refractivity contribution >= 4 is 29.1 Å². The summed E-state index contributed by atoms with van der Waals surface area (Å²) in [5.41, 5.74) is 1.13. The number of carbonyl (C=O) groups excluding carboxylic acids is 2. The van der Waals surface area contributed by atoms with Crippen molar-refractivity contribution in [1.82, 2.24) is 14.8 Å². The van der Waals surface area contributed by atoms with E-state index in [4.69, 9.17) is 9.47 Å². The molecule has 2 atom stereocenters. The van der Waals surface area contributed by atoms with Crippen molar-refractivity contribution in [3.8, 4) is 11.5 Å². The minimum Gasteiger partial charge on any atom is -0.493 e. The summed E-state index contributed by atoms with van der Waals surface area (Å²) < 4.78 is 13.4. The highest BCUT2D eigenvalue weighted by atomic mass is 32.2. The summed E-state index contributed by atoms with van der Waals surface area (Å²) in [7, 11) is 1.60. The van der Waals surface area contributed by atoms with Crippen molar-refractivity contribution in [1.29, 1.82) is 0 Å². The maximum Gasteiger partial charge on any atom is 0.237 e. The predicted octanol–water partition coefficient (Wildman–Crippen LogP) is 4.77. The summed E-state index contributed by atoms with van der Waals surface area (Å²) in [5, 5.41) is 11.7. The van der Waals surface area contributed by atoms with Gasteiger partial charge >= 0.3 is 0 Å². The van der Waals surface area contributed by atoms with Crippen molar-refractivity contribution < 1.29 is 19.1 Å². The second kappa shape index (κ2) is 11.0. The highest BCUT2D eigenvalue weighted by molar-refractivity contribution is 8.00. The van der Waals surface area contributed by atoms with Gasteiger partial charge in [-0.05, 0) is 52.0 Å². The van der Waals surface area contributed by atoms with Gasteiger partial charge in [-0.1, -0.05) is 36.0 Å². The van der Waals surface area contributed by atoms with Gasteiger partial charge in [0.1, 0.15) is 0 Å². The van der Waals surface area contributed by atoms with Crippen LogP contribution in [-0.2, 0) is 11.3 Å². The minimum absolute atomic E-state index is 0.0541. The third kappa shape index (κ3) is 5.92. The Morgan fingerprint density at radius 1 is 1.09 bits per heavy atom. The Hall–Kier alpha value is -3.33. The zero-order valence-corrected chi connectivity index (χ0v) is 20.2. The number of para-hydroxylation sites is 2. The van der Waals surface area contributed by atoms with Crippen LogP contribution in [0.15, 0.2) is 53.7 Å². The predicted molar refractivity (Wildman–Crippen MR) is 128 cm³/mol. The van der Waals surface area contributed by atoms with E-state index in [0.717, 1.165) is 0 Å². The molecule has 0 bridgehead atoms. The zero-order chi connectivity index (χ0) is 24.0. The van der Waals surface area contributed by atoms with E-state index in [1.165, 1.54) is 18.7 Å². The van der Waals surface area contributed by atoms with Crippen LogP contribution >= 0.6 is 11.8 Å². The lowest BCUT2D eigenvalue weighted by atomic mass is 10.1. The molecule has 0 radical (unpaired) electrons. The number of ether oxygens (including phenoxy) is 2. The number of hydrogen-bond acceptors (Lipinski definition) is 7. The second-order valence-electron chi connectivity index (χ2n) is 7.38. The number of aromatic nitrogens is 3. The first-order valence-corrected chi connectivity index (χ1v) is 11.5. The number of ketones is 1. The summed E-state index contributed by atoms with van der Waals surface area (Å²) in [6.07, 6.45) is -0.374. The van der Waals surface area contributed by atoms with Crippen LogP contribution in [0, 0.1) is 0 Å². The summed E-state index contributed by atoms with van der Waals surface area (Å²) in [6.45, 7) is 7.81. The summed E-state index contributed by atoms with van der Waals surface area (Å²) in [6, 6.07) is 14.3. The van der Waals surface area contributed by atoms with E-state index in [-0.39, 0.29) is 17.8 Å². The molecule has 174 valence electrons. The van der Waals surface area contributed by atoms with Crippen LogP contribution < -0.4 is 14.8 Å². The summed E-state index contributed by atoms with van der Waals surface area (Å²) in [4.78, 5) is 24.3. The van der Waals surface area contributed by atoms with Gasteiger partial charge in [-0.25, -0.2) is 0 Å². The Bertz CT molecular complexity index is 1130. The van der Waals surface area contributed by atoms with Crippen LogP contribution in [-0.4, -0.2) is 38.8 Å². The number of rotatable bonds is 10. The van der Waals surface area contributed by atoms with Crippen LogP contribution in [0.1, 0.15) is 50.0 Å². The molecule has 2 unspecified atom stereocenters. The highest BCUT2D eigenvalue weighted by Crippen LogP contribution is 2.32. The number of Topliss-reactive ketones (excluding diaryl/α,β-unsaturated/α-hetero) is 1. The molecule has 3 rings (SSSR count). The monoisotopic (exact) mass is 468 g/mol. The molecule has 0 aliphatic rings. The van der Waals surface area contributed by atoms with Crippen molar-refractivity contribution in [2.75, 3.05) is 12.4 Å². The maximum atomic E-state index is 12.7. The first-order valence-electron chi connectivity index (χ1n) is 10.6. The van der Waals surface area contributed by atoms with Gasteiger partial charge in [0.15, 0.2) is 34.4 Å². The summed E-state index contributed by atoms with van der Waals surface area (Å²) >= 11 is 1.31. The number of methoxy groups -OCH3 is 1. The van der Waals surface area contributed by atoms with Crippen LogP contribution in [0.3, 0.4) is 0 Å². The molecule has 0 saturated carbocycles. The van der Waals surface area contributed by atoms with Crippen LogP contribution in [0.5, 0.6) is 11.5 Å². The minimum atomic E-state index is -0.432. The number of benzene rings is 2. The molecule has 0 fully saturated rings. The number of nitrogens with one attached hydrogen (secondary N) is 1.